The molecule has 0 saturated heterocycles. The molecule has 32 heavy (non-hydrogen) atoms. The molecule has 3 aromatic heterocycles. The van der Waals surface area contributed by atoms with Crippen molar-refractivity contribution >= 4 is 22.8 Å². The van der Waals surface area contributed by atoms with Crippen LogP contribution in [0.2, 0.25) is 0 Å². The Bertz CT molecular complexity index is 1180. The largest absolute Gasteiger partial charge is 0.481 e. The van der Waals surface area contributed by atoms with E-state index in [1.54, 1.807) is 0 Å². The summed E-state index contributed by atoms with van der Waals surface area (Å²) in [6, 6.07) is 2.49. The van der Waals surface area contributed by atoms with Gasteiger partial charge in [-0.1, -0.05) is 0 Å². The lowest BCUT2D eigenvalue weighted by Crippen LogP contribution is -2.51. The standard InChI is InChI=1S/C22H20F4N4O2/c23-13-7-14-15(9-28-20(14)27-8-13)16-5-12(22(24,25)26)6-17(29-16)30-19-11-3-1-10(2-4-11)18(19)21(31)32/h5-11,18-19H,1-4H2,(H,27,28)(H,29,30)(H,31,32). The summed E-state index contributed by atoms with van der Waals surface area (Å²) in [5, 5.41) is 13.1. The Balaban J connectivity index is 1.58. The minimum absolute atomic E-state index is 0.00272. The van der Waals surface area contributed by atoms with Crippen molar-refractivity contribution in [2.45, 2.75) is 37.9 Å². The second kappa shape index (κ2) is 7.46. The summed E-state index contributed by atoms with van der Waals surface area (Å²) >= 11 is 0. The lowest BCUT2D eigenvalue weighted by Gasteiger charge is -2.47. The molecule has 10 heteroatoms. The van der Waals surface area contributed by atoms with E-state index in [9.17, 15) is 27.5 Å². The fourth-order valence-corrected chi connectivity index (χ4v) is 5.28. The van der Waals surface area contributed by atoms with Crippen molar-refractivity contribution in [3.8, 4) is 11.3 Å². The van der Waals surface area contributed by atoms with E-state index >= 15 is 0 Å². The number of nitrogens with zero attached hydrogens (tertiary/aromatic N) is 2. The molecule has 3 aliphatic carbocycles. The number of anilines is 1. The van der Waals surface area contributed by atoms with Crippen LogP contribution in [-0.2, 0) is 11.0 Å². The first-order valence-corrected chi connectivity index (χ1v) is 10.4. The predicted molar refractivity (Wildman–Crippen MR) is 108 cm³/mol. The first kappa shape index (κ1) is 20.7. The fraction of sp³-hybridized carbons (Fsp3) is 0.409. The minimum Gasteiger partial charge on any atom is -0.481 e. The van der Waals surface area contributed by atoms with Gasteiger partial charge in [0, 0.05) is 23.2 Å². The van der Waals surface area contributed by atoms with Gasteiger partial charge >= 0.3 is 12.1 Å². The van der Waals surface area contributed by atoms with Crippen molar-refractivity contribution in [3.63, 3.8) is 0 Å². The Kier molecular flexibility index (Phi) is 4.83. The second-order valence-corrected chi connectivity index (χ2v) is 8.59. The number of hydrogen-bond acceptors (Lipinski definition) is 4. The van der Waals surface area contributed by atoms with Crippen LogP contribution >= 0.6 is 0 Å². The number of aromatic nitrogens is 3. The van der Waals surface area contributed by atoms with E-state index in [4.69, 9.17) is 0 Å². The number of alkyl halides is 3. The van der Waals surface area contributed by atoms with E-state index < -0.39 is 35.5 Å². The number of fused-ring (bicyclic) bond motifs is 4. The molecule has 3 heterocycles. The molecular formula is C22H20F4N4O2. The Hall–Kier alpha value is -3.17. The molecule has 2 atom stereocenters. The molecule has 3 fully saturated rings. The summed E-state index contributed by atoms with van der Waals surface area (Å²) in [4.78, 5) is 23.0. The van der Waals surface area contributed by atoms with Crippen LogP contribution in [0.5, 0.6) is 0 Å². The highest BCUT2D eigenvalue weighted by Gasteiger charge is 2.47. The van der Waals surface area contributed by atoms with Crippen LogP contribution < -0.4 is 5.32 Å². The molecule has 2 unspecified atom stereocenters. The summed E-state index contributed by atoms with van der Waals surface area (Å²) in [6.07, 6.45) is 1.12. The average Bonchev–Trinajstić information content (AvgIpc) is 3.16. The Morgan fingerprint density at radius 1 is 1.12 bits per heavy atom. The third kappa shape index (κ3) is 3.57. The van der Waals surface area contributed by atoms with Gasteiger partial charge in [-0.2, -0.15) is 13.2 Å². The molecule has 168 valence electrons. The zero-order chi connectivity index (χ0) is 22.6. The van der Waals surface area contributed by atoms with Crippen LogP contribution in [0.3, 0.4) is 0 Å². The van der Waals surface area contributed by atoms with Gasteiger partial charge in [-0.05, 0) is 55.7 Å². The third-order valence-corrected chi connectivity index (χ3v) is 6.75. The van der Waals surface area contributed by atoms with Crippen molar-refractivity contribution in [1.82, 2.24) is 15.0 Å². The summed E-state index contributed by atoms with van der Waals surface area (Å²) in [7, 11) is 0. The number of aliphatic carboxylic acids is 1. The number of pyridine rings is 2. The van der Waals surface area contributed by atoms with E-state index in [2.05, 4.69) is 20.3 Å². The van der Waals surface area contributed by atoms with Crippen molar-refractivity contribution in [3.05, 3.63) is 42.0 Å². The quantitative estimate of drug-likeness (QED) is 0.484. The van der Waals surface area contributed by atoms with Crippen molar-refractivity contribution < 1.29 is 27.5 Å². The summed E-state index contributed by atoms with van der Waals surface area (Å²) < 4.78 is 54.7. The number of carboxylic acids is 1. The molecule has 6 rings (SSSR count). The van der Waals surface area contributed by atoms with Gasteiger partial charge in [0.2, 0.25) is 0 Å². The van der Waals surface area contributed by atoms with Crippen LogP contribution in [-0.4, -0.2) is 32.1 Å². The number of carboxylic acid groups (broad SMARTS) is 1. The SMILES string of the molecule is O=C(O)C1C2CCC(CC2)C1Nc1cc(C(F)(F)F)cc(-c2c[nH]c3ncc(F)cc23)n1. The molecule has 0 amide bonds. The molecule has 3 N–H and O–H groups in total. The van der Waals surface area contributed by atoms with E-state index in [0.29, 0.717) is 11.0 Å². The van der Waals surface area contributed by atoms with E-state index in [1.807, 2.05) is 0 Å². The van der Waals surface area contributed by atoms with E-state index in [-0.39, 0.29) is 28.9 Å². The Morgan fingerprint density at radius 3 is 2.53 bits per heavy atom. The second-order valence-electron chi connectivity index (χ2n) is 8.59. The molecule has 0 aliphatic heterocycles. The van der Waals surface area contributed by atoms with Crippen LogP contribution in [0.15, 0.2) is 30.6 Å². The van der Waals surface area contributed by atoms with Gasteiger partial charge in [-0.3, -0.25) is 4.79 Å². The molecule has 3 saturated carbocycles. The van der Waals surface area contributed by atoms with Crippen LogP contribution in [0, 0.1) is 23.6 Å². The van der Waals surface area contributed by atoms with Crippen molar-refractivity contribution in [2.24, 2.45) is 17.8 Å². The lowest BCUT2D eigenvalue weighted by atomic mass is 9.61. The minimum atomic E-state index is -4.64. The smallest absolute Gasteiger partial charge is 0.416 e. The Labute approximate surface area is 180 Å². The maximum Gasteiger partial charge on any atom is 0.416 e. The molecule has 0 radical (unpaired) electrons. The van der Waals surface area contributed by atoms with E-state index in [0.717, 1.165) is 44.0 Å². The van der Waals surface area contributed by atoms with Gasteiger partial charge < -0.3 is 15.4 Å². The molecule has 3 aliphatic rings. The number of hydrogen-bond donors (Lipinski definition) is 3. The van der Waals surface area contributed by atoms with Gasteiger partial charge in [0.1, 0.15) is 17.3 Å². The summed E-state index contributed by atoms with van der Waals surface area (Å²) in [5.41, 5.74) is -0.322. The zero-order valence-electron chi connectivity index (χ0n) is 16.8. The molecule has 6 nitrogen and oxygen atoms in total. The monoisotopic (exact) mass is 448 g/mol. The van der Waals surface area contributed by atoms with Gasteiger partial charge in [-0.15, -0.1) is 0 Å². The van der Waals surface area contributed by atoms with Crippen LogP contribution in [0.25, 0.3) is 22.3 Å². The maximum absolute atomic E-state index is 13.7. The number of carbonyl (C=O) groups is 1. The number of nitrogens with one attached hydrogen (secondary N) is 2. The number of halogens is 4. The highest BCUT2D eigenvalue weighted by molar-refractivity contribution is 5.92. The molecule has 3 aromatic rings. The maximum atomic E-state index is 13.7. The van der Waals surface area contributed by atoms with Crippen molar-refractivity contribution in [2.75, 3.05) is 5.32 Å². The summed E-state index contributed by atoms with van der Waals surface area (Å²) in [5.74, 6) is -2.21. The predicted octanol–water partition coefficient (Wildman–Crippen LogP) is 5.08. The molecule has 2 bridgehead atoms. The molecule has 0 aromatic carbocycles. The topological polar surface area (TPSA) is 90.9 Å². The normalized spacial score (nSPS) is 25.2. The summed E-state index contributed by atoms with van der Waals surface area (Å²) in [6.45, 7) is 0. The molecular weight excluding hydrogens is 428 g/mol. The van der Waals surface area contributed by atoms with Crippen molar-refractivity contribution in [1.29, 1.82) is 0 Å². The highest BCUT2D eigenvalue weighted by Crippen LogP contribution is 2.46. The number of rotatable bonds is 4. The third-order valence-electron chi connectivity index (χ3n) is 6.75. The van der Waals surface area contributed by atoms with Gasteiger partial charge in [0.25, 0.3) is 0 Å². The van der Waals surface area contributed by atoms with Crippen LogP contribution in [0.1, 0.15) is 31.2 Å². The van der Waals surface area contributed by atoms with Gasteiger partial charge in [-0.25, -0.2) is 14.4 Å². The highest BCUT2D eigenvalue weighted by atomic mass is 19.4. The van der Waals surface area contributed by atoms with E-state index in [1.165, 1.54) is 12.3 Å². The lowest BCUT2D eigenvalue weighted by molar-refractivity contribution is -0.148. The first-order valence-electron chi connectivity index (χ1n) is 10.4. The first-order chi connectivity index (χ1) is 15.2. The molecule has 0 spiro atoms. The van der Waals surface area contributed by atoms with Gasteiger partial charge in [0.05, 0.1) is 23.4 Å². The number of H-pyrrole nitrogens is 1. The fourth-order valence-electron chi connectivity index (χ4n) is 5.28. The average molecular weight is 448 g/mol. The van der Waals surface area contributed by atoms with Crippen LogP contribution in [0.4, 0.5) is 23.4 Å². The number of aromatic amines is 1. The zero-order valence-corrected chi connectivity index (χ0v) is 16.8. The Morgan fingerprint density at radius 2 is 1.84 bits per heavy atom. The van der Waals surface area contributed by atoms with Gasteiger partial charge in [0.15, 0.2) is 0 Å².